The van der Waals surface area contributed by atoms with Crippen LogP contribution in [0.5, 0.6) is 11.5 Å². The summed E-state index contributed by atoms with van der Waals surface area (Å²) in [5, 5.41) is 9.90. The summed E-state index contributed by atoms with van der Waals surface area (Å²) >= 11 is 6.13. The number of halogens is 1. The van der Waals surface area contributed by atoms with Crippen molar-refractivity contribution in [3.63, 3.8) is 0 Å². The van der Waals surface area contributed by atoms with Gasteiger partial charge in [-0.1, -0.05) is 24.4 Å². The van der Waals surface area contributed by atoms with E-state index in [1.54, 1.807) is 19.5 Å². The van der Waals surface area contributed by atoms with Gasteiger partial charge in [-0.25, -0.2) is 4.98 Å². The van der Waals surface area contributed by atoms with Gasteiger partial charge in [0.15, 0.2) is 0 Å². The molecule has 132 valence electrons. The van der Waals surface area contributed by atoms with Crippen LogP contribution in [0.3, 0.4) is 0 Å². The van der Waals surface area contributed by atoms with E-state index in [0.29, 0.717) is 17.4 Å². The number of aliphatic hydroxyl groups excluding tert-OH is 1. The number of hydrogen-bond acceptors (Lipinski definition) is 4. The lowest BCUT2D eigenvalue weighted by Gasteiger charge is -2.09. The SMILES string of the molecule is COc1ccc(OCCCCCCn2cnc(C)c2CO)c(Cl)c1. The molecule has 0 atom stereocenters. The normalized spacial score (nSPS) is 10.8. The fourth-order valence-corrected chi connectivity index (χ4v) is 2.78. The predicted molar refractivity (Wildman–Crippen MR) is 94.9 cm³/mol. The van der Waals surface area contributed by atoms with Crippen LogP contribution in [0, 0.1) is 6.92 Å². The van der Waals surface area contributed by atoms with Crippen molar-refractivity contribution in [2.75, 3.05) is 13.7 Å². The highest BCUT2D eigenvalue weighted by atomic mass is 35.5. The zero-order chi connectivity index (χ0) is 17.4. The molecule has 0 spiro atoms. The van der Waals surface area contributed by atoms with Crippen LogP contribution in [-0.2, 0) is 13.2 Å². The van der Waals surface area contributed by atoms with Gasteiger partial charge in [-0.05, 0) is 31.9 Å². The summed E-state index contributed by atoms with van der Waals surface area (Å²) in [7, 11) is 1.61. The molecule has 0 aliphatic rings. The third-order valence-corrected chi connectivity index (χ3v) is 4.29. The molecule has 0 aliphatic carbocycles. The van der Waals surface area contributed by atoms with Gasteiger partial charge >= 0.3 is 0 Å². The van der Waals surface area contributed by atoms with Crippen molar-refractivity contribution < 1.29 is 14.6 Å². The lowest BCUT2D eigenvalue weighted by molar-refractivity contribution is 0.269. The maximum Gasteiger partial charge on any atom is 0.138 e. The summed E-state index contributed by atoms with van der Waals surface area (Å²) < 4.78 is 12.8. The monoisotopic (exact) mass is 352 g/mol. The minimum Gasteiger partial charge on any atom is -0.497 e. The molecule has 0 radical (unpaired) electrons. The molecular formula is C18H25ClN2O3. The van der Waals surface area contributed by atoms with E-state index in [4.69, 9.17) is 21.1 Å². The van der Waals surface area contributed by atoms with Crippen LogP contribution >= 0.6 is 11.6 Å². The third kappa shape index (κ3) is 5.14. The number of aryl methyl sites for hydroxylation is 2. The average molecular weight is 353 g/mol. The van der Waals surface area contributed by atoms with Crippen molar-refractivity contribution in [3.8, 4) is 11.5 Å². The number of hydrogen-bond donors (Lipinski definition) is 1. The first-order chi connectivity index (χ1) is 11.7. The Kier molecular flexibility index (Phi) is 7.40. The fourth-order valence-electron chi connectivity index (χ4n) is 2.55. The Morgan fingerprint density at radius 1 is 1.21 bits per heavy atom. The van der Waals surface area contributed by atoms with Gasteiger partial charge in [-0.3, -0.25) is 0 Å². The predicted octanol–water partition coefficient (Wildman–Crippen LogP) is 3.99. The summed E-state index contributed by atoms with van der Waals surface area (Å²) in [6.07, 6.45) is 6.05. The number of unbranched alkanes of at least 4 members (excludes halogenated alkanes) is 3. The second kappa shape index (κ2) is 9.55. The Morgan fingerprint density at radius 2 is 2.00 bits per heavy atom. The first-order valence-corrected chi connectivity index (χ1v) is 8.61. The summed E-state index contributed by atoms with van der Waals surface area (Å²) in [6, 6.07) is 5.43. The zero-order valence-corrected chi connectivity index (χ0v) is 15.1. The van der Waals surface area contributed by atoms with Gasteiger partial charge in [0.25, 0.3) is 0 Å². The van der Waals surface area contributed by atoms with E-state index in [9.17, 15) is 5.11 Å². The molecular weight excluding hydrogens is 328 g/mol. The second-order valence-electron chi connectivity index (χ2n) is 5.69. The Labute approximate surface area is 148 Å². The first kappa shape index (κ1) is 18.6. The summed E-state index contributed by atoms with van der Waals surface area (Å²) in [4.78, 5) is 4.23. The largest absolute Gasteiger partial charge is 0.497 e. The average Bonchev–Trinajstić information content (AvgIpc) is 2.94. The number of benzene rings is 1. The van der Waals surface area contributed by atoms with Gasteiger partial charge in [0.2, 0.25) is 0 Å². The number of methoxy groups -OCH3 is 1. The van der Waals surface area contributed by atoms with E-state index in [2.05, 4.69) is 4.98 Å². The molecule has 2 rings (SSSR count). The zero-order valence-electron chi connectivity index (χ0n) is 14.3. The molecule has 0 saturated heterocycles. The molecule has 1 N–H and O–H groups in total. The van der Waals surface area contributed by atoms with E-state index in [1.807, 2.05) is 23.6 Å². The highest BCUT2D eigenvalue weighted by Crippen LogP contribution is 2.28. The van der Waals surface area contributed by atoms with E-state index >= 15 is 0 Å². The van der Waals surface area contributed by atoms with Crippen LogP contribution in [0.25, 0.3) is 0 Å². The molecule has 0 fully saturated rings. The van der Waals surface area contributed by atoms with Crippen molar-refractivity contribution in [2.24, 2.45) is 0 Å². The van der Waals surface area contributed by atoms with Crippen LogP contribution in [0.2, 0.25) is 5.02 Å². The van der Waals surface area contributed by atoms with Crippen LogP contribution in [0.4, 0.5) is 0 Å². The summed E-state index contributed by atoms with van der Waals surface area (Å²) in [5.41, 5.74) is 1.81. The van der Waals surface area contributed by atoms with Crippen molar-refractivity contribution in [2.45, 2.75) is 45.8 Å². The van der Waals surface area contributed by atoms with Gasteiger partial charge < -0.3 is 19.1 Å². The quantitative estimate of drug-likeness (QED) is 0.657. The Hall–Kier alpha value is -1.72. The van der Waals surface area contributed by atoms with Gasteiger partial charge in [-0.15, -0.1) is 0 Å². The standard InChI is InChI=1S/C18H25ClN2O3/c1-14-17(12-22)21(13-20-14)9-5-3-4-6-10-24-18-8-7-15(23-2)11-16(18)19/h7-8,11,13,22H,3-6,9-10,12H2,1-2H3. The summed E-state index contributed by atoms with van der Waals surface area (Å²) in [5.74, 6) is 1.42. The van der Waals surface area contributed by atoms with Gasteiger partial charge in [0.05, 0.1) is 43.1 Å². The number of aromatic nitrogens is 2. The van der Waals surface area contributed by atoms with Gasteiger partial charge in [-0.2, -0.15) is 0 Å². The van der Waals surface area contributed by atoms with Crippen molar-refractivity contribution in [1.29, 1.82) is 0 Å². The Morgan fingerprint density at radius 3 is 2.71 bits per heavy atom. The molecule has 1 aromatic heterocycles. The van der Waals surface area contributed by atoms with Crippen molar-refractivity contribution in [3.05, 3.63) is 40.9 Å². The molecule has 0 bridgehead atoms. The highest BCUT2D eigenvalue weighted by Gasteiger charge is 2.06. The molecule has 1 heterocycles. The van der Waals surface area contributed by atoms with Crippen LogP contribution in [-0.4, -0.2) is 28.4 Å². The Bertz CT molecular complexity index is 643. The number of nitrogens with zero attached hydrogens (tertiary/aromatic N) is 2. The van der Waals surface area contributed by atoms with E-state index in [-0.39, 0.29) is 6.61 Å². The van der Waals surface area contributed by atoms with Crippen LogP contribution in [0.1, 0.15) is 37.1 Å². The molecule has 6 heteroatoms. The van der Waals surface area contributed by atoms with Gasteiger partial charge in [0.1, 0.15) is 11.5 Å². The number of ether oxygens (including phenoxy) is 2. The van der Waals surface area contributed by atoms with E-state index in [0.717, 1.165) is 49.4 Å². The molecule has 1 aromatic carbocycles. The van der Waals surface area contributed by atoms with Crippen LogP contribution in [0.15, 0.2) is 24.5 Å². The number of imidazole rings is 1. The highest BCUT2D eigenvalue weighted by molar-refractivity contribution is 6.32. The summed E-state index contributed by atoms with van der Waals surface area (Å²) in [6.45, 7) is 3.51. The molecule has 0 amide bonds. The number of aliphatic hydroxyl groups is 1. The lowest BCUT2D eigenvalue weighted by atomic mass is 10.2. The molecule has 0 unspecified atom stereocenters. The smallest absolute Gasteiger partial charge is 0.138 e. The molecule has 5 nitrogen and oxygen atoms in total. The maximum absolute atomic E-state index is 9.33. The molecule has 0 saturated carbocycles. The lowest BCUT2D eigenvalue weighted by Crippen LogP contribution is -2.03. The molecule has 0 aliphatic heterocycles. The number of rotatable bonds is 10. The van der Waals surface area contributed by atoms with Crippen LogP contribution < -0.4 is 9.47 Å². The topological polar surface area (TPSA) is 56.5 Å². The molecule has 24 heavy (non-hydrogen) atoms. The fraction of sp³-hybridized carbons (Fsp3) is 0.500. The Balaban J connectivity index is 1.62. The van der Waals surface area contributed by atoms with Crippen molar-refractivity contribution in [1.82, 2.24) is 9.55 Å². The minimum atomic E-state index is 0.0439. The first-order valence-electron chi connectivity index (χ1n) is 8.23. The minimum absolute atomic E-state index is 0.0439. The van der Waals surface area contributed by atoms with E-state index < -0.39 is 0 Å². The van der Waals surface area contributed by atoms with Gasteiger partial charge in [0, 0.05) is 12.6 Å². The molecule has 2 aromatic rings. The third-order valence-electron chi connectivity index (χ3n) is 3.99. The van der Waals surface area contributed by atoms with E-state index in [1.165, 1.54) is 0 Å². The maximum atomic E-state index is 9.33. The van der Waals surface area contributed by atoms with Crippen molar-refractivity contribution >= 4 is 11.6 Å². The second-order valence-corrected chi connectivity index (χ2v) is 6.09.